The van der Waals surface area contributed by atoms with Gasteiger partial charge in [0, 0.05) is 34.0 Å². The van der Waals surface area contributed by atoms with E-state index in [0.717, 1.165) is 40.5 Å². The van der Waals surface area contributed by atoms with Crippen molar-refractivity contribution in [2.24, 2.45) is 0 Å². The minimum Gasteiger partial charge on any atom is -0.341 e. The number of aryl methyl sites for hydroxylation is 1. The average molecular weight is 424 g/mol. The van der Waals surface area contributed by atoms with E-state index in [1.807, 2.05) is 30.3 Å². The van der Waals surface area contributed by atoms with Crippen LogP contribution < -0.4 is 5.32 Å². The second kappa shape index (κ2) is 7.57. The van der Waals surface area contributed by atoms with Gasteiger partial charge < -0.3 is 9.88 Å². The zero-order valence-corrected chi connectivity index (χ0v) is 17.4. The van der Waals surface area contributed by atoms with Crippen LogP contribution in [0.1, 0.15) is 13.8 Å². The van der Waals surface area contributed by atoms with E-state index < -0.39 is 26.8 Å². The molecule has 1 atom stereocenters. The lowest BCUT2D eigenvalue weighted by Gasteiger charge is -2.14. The molecule has 0 saturated heterocycles. The average Bonchev–Trinajstić information content (AvgIpc) is 3.06. The molecule has 0 radical (unpaired) electrons. The van der Waals surface area contributed by atoms with Crippen LogP contribution in [0.15, 0.2) is 71.6 Å². The number of hydrogen-bond acceptors (Lipinski definition) is 3. The Balaban J connectivity index is 1.66. The van der Waals surface area contributed by atoms with Crippen molar-refractivity contribution in [2.45, 2.75) is 30.5 Å². The zero-order valence-electron chi connectivity index (χ0n) is 16.6. The number of halogens is 1. The number of sulfone groups is 1. The molecule has 4 aromatic rings. The molecule has 154 valence electrons. The third-order valence-corrected chi connectivity index (χ3v) is 7.41. The van der Waals surface area contributed by atoms with Crippen molar-refractivity contribution < 1.29 is 17.6 Å². The molecule has 0 spiro atoms. The molecule has 1 heterocycles. The zero-order chi connectivity index (χ0) is 21.5. The molecule has 7 heteroatoms. The SMILES string of the molecule is CCn1c2ccccc2c2cc(NC(=O)C(C)S(=O)(=O)c3ccc(F)cc3)ccc21. The number of carbonyl (C=O) groups excluding carboxylic acids is 1. The Hall–Kier alpha value is -3.19. The first-order valence-electron chi connectivity index (χ1n) is 9.64. The van der Waals surface area contributed by atoms with Crippen LogP contribution in [0.2, 0.25) is 0 Å². The van der Waals surface area contributed by atoms with Crippen molar-refractivity contribution in [3.05, 3.63) is 72.5 Å². The van der Waals surface area contributed by atoms with Crippen molar-refractivity contribution in [1.82, 2.24) is 4.57 Å². The topological polar surface area (TPSA) is 68.2 Å². The van der Waals surface area contributed by atoms with E-state index in [9.17, 15) is 17.6 Å². The van der Waals surface area contributed by atoms with Gasteiger partial charge in [-0.3, -0.25) is 4.79 Å². The van der Waals surface area contributed by atoms with E-state index in [2.05, 4.69) is 22.9 Å². The van der Waals surface area contributed by atoms with Crippen LogP contribution in [0.25, 0.3) is 21.8 Å². The Kier molecular flexibility index (Phi) is 5.07. The molecule has 5 nitrogen and oxygen atoms in total. The van der Waals surface area contributed by atoms with Gasteiger partial charge in [-0.05, 0) is 62.4 Å². The van der Waals surface area contributed by atoms with Gasteiger partial charge in [0.1, 0.15) is 11.1 Å². The molecule has 30 heavy (non-hydrogen) atoms. The number of para-hydroxylation sites is 1. The summed E-state index contributed by atoms with van der Waals surface area (Å²) in [7, 11) is -3.93. The monoisotopic (exact) mass is 424 g/mol. The quantitative estimate of drug-likeness (QED) is 0.470. The molecule has 0 saturated carbocycles. The molecule has 4 rings (SSSR count). The van der Waals surface area contributed by atoms with Gasteiger partial charge >= 0.3 is 0 Å². The summed E-state index contributed by atoms with van der Waals surface area (Å²) in [4.78, 5) is 12.6. The molecule has 1 unspecified atom stereocenters. The van der Waals surface area contributed by atoms with Gasteiger partial charge in [0.15, 0.2) is 9.84 Å². The standard InChI is InChI=1S/C23H21FN2O3S/c1-3-26-21-7-5-4-6-19(21)20-14-17(10-13-22(20)26)25-23(27)15(2)30(28,29)18-11-8-16(24)9-12-18/h4-15H,3H2,1-2H3,(H,25,27). The Labute approximate surface area is 174 Å². The molecule has 0 aliphatic carbocycles. The van der Waals surface area contributed by atoms with Crippen LogP contribution in [0, 0.1) is 5.82 Å². The van der Waals surface area contributed by atoms with Crippen molar-refractivity contribution in [2.75, 3.05) is 5.32 Å². The van der Waals surface area contributed by atoms with Crippen molar-refractivity contribution >= 4 is 43.2 Å². The molecule has 0 bridgehead atoms. The molecule has 1 N–H and O–H groups in total. The molecule has 3 aromatic carbocycles. The fourth-order valence-corrected chi connectivity index (χ4v) is 4.95. The van der Waals surface area contributed by atoms with Crippen LogP contribution in [-0.2, 0) is 21.2 Å². The lowest BCUT2D eigenvalue weighted by Crippen LogP contribution is -2.32. The Morgan fingerprint density at radius 2 is 1.67 bits per heavy atom. The molecule has 1 aromatic heterocycles. The summed E-state index contributed by atoms with van der Waals surface area (Å²) in [6.45, 7) is 4.21. The summed E-state index contributed by atoms with van der Waals surface area (Å²) in [5, 5.41) is 3.44. The highest BCUT2D eigenvalue weighted by atomic mass is 32.2. The summed E-state index contributed by atoms with van der Waals surface area (Å²) in [5.74, 6) is -1.18. The first-order valence-corrected chi connectivity index (χ1v) is 11.2. The van der Waals surface area contributed by atoms with E-state index in [0.29, 0.717) is 5.69 Å². The summed E-state index contributed by atoms with van der Waals surface area (Å²) in [6.07, 6.45) is 0. The molecule has 0 fully saturated rings. The predicted octanol–water partition coefficient (Wildman–Crippen LogP) is 4.75. The third kappa shape index (κ3) is 3.35. The third-order valence-electron chi connectivity index (χ3n) is 5.33. The summed E-state index contributed by atoms with van der Waals surface area (Å²) < 4.78 is 40.7. The predicted molar refractivity (Wildman–Crippen MR) is 117 cm³/mol. The van der Waals surface area contributed by atoms with E-state index in [-0.39, 0.29) is 4.90 Å². The van der Waals surface area contributed by atoms with E-state index >= 15 is 0 Å². The summed E-state index contributed by atoms with van der Waals surface area (Å²) >= 11 is 0. The lowest BCUT2D eigenvalue weighted by atomic mass is 10.1. The summed E-state index contributed by atoms with van der Waals surface area (Å²) in [5.41, 5.74) is 2.67. The first kappa shape index (κ1) is 20.1. The largest absolute Gasteiger partial charge is 0.341 e. The minimum absolute atomic E-state index is 0.0898. The number of anilines is 1. The number of rotatable bonds is 5. The fraction of sp³-hybridized carbons (Fsp3) is 0.174. The number of benzene rings is 3. The highest BCUT2D eigenvalue weighted by Gasteiger charge is 2.30. The maximum absolute atomic E-state index is 13.1. The molecule has 0 aliphatic heterocycles. The second-order valence-electron chi connectivity index (χ2n) is 7.12. The number of aromatic nitrogens is 1. The second-order valence-corrected chi connectivity index (χ2v) is 9.39. The number of fused-ring (bicyclic) bond motifs is 3. The molecular formula is C23H21FN2O3S. The van der Waals surface area contributed by atoms with Crippen LogP contribution in [-0.4, -0.2) is 24.1 Å². The molecule has 1 amide bonds. The summed E-state index contributed by atoms with van der Waals surface area (Å²) in [6, 6.07) is 18.0. The van der Waals surface area contributed by atoms with E-state index in [1.54, 1.807) is 6.07 Å². The molecular weight excluding hydrogens is 403 g/mol. The minimum atomic E-state index is -3.93. The van der Waals surface area contributed by atoms with Gasteiger partial charge in [-0.1, -0.05) is 18.2 Å². The number of amides is 1. The molecule has 0 aliphatic rings. The Bertz CT molecular complexity index is 1360. The Morgan fingerprint density at radius 1 is 1.00 bits per heavy atom. The lowest BCUT2D eigenvalue weighted by molar-refractivity contribution is -0.115. The normalized spacial score (nSPS) is 12.9. The number of hydrogen-bond donors (Lipinski definition) is 1. The van der Waals surface area contributed by atoms with E-state index in [1.165, 1.54) is 19.1 Å². The number of nitrogens with one attached hydrogen (secondary N) is 1. The first-order chi connectivity index (χ1) is 14.3. The van der Waals surface area contributed by atoms with Crippen LogP contribution in [0.4, 0.5) is 10.1 Å². The van der Waals surface area contributed by atoms with E-state index in [4.69, 9.17) is 0 Å². The van der Waals surface area contributed by atoms with Gasteiger partial charge in [-0.25, -0.2) is 12.8 Å². The van der Waals surface area contributed by atoms with Crippen LogP contribution in [0.5, 0.6) is 0 Å². The van der Waals surface area contributed by atoms with Gasteiger partial charge in [-0.2, -0.15) is 0 Å². The maximum atomic E-state index is 13.1. The van der Waals surface area contributed by atoms with Gasteiger partial charge in [0.2, 0.25) is 5.91 Å². The van der Waals surface area contributed by atoms with Crippen molar-refractivity contribution in [3.63, 3.8) is 0 Å². The number of carbonyl (C=O) groups is 1. The van der Waals surface area contributed by atoms with Crippen molar-refractivity contribution in [3.8, 4) is 0 Å². The van der Waals surface area contributed by atoms with Gasteiger partial charge in [0.05, 0.1) is 4.90 Å². The Morgan fingerprint density at radius 3 is 2.37 bits per heavy atom. The van der Waals surface area contributed by atoms with Crippen molar-refractivity contribution in [1.29, 1.82) is 0 Å². The maximum Gasteiger partial charge on any atom is 0.242 e. The fourth-order valence-electron chi connectivity index (χ4n) is 3.69. The number of nitrogens with zero attached hydrogens (tertiary/aromatic N) is 1. The van der Waals surface area contributed by atoms with Gasteiger partial charge in [0.25, 0.3) is 0 Å². The van der Waals surface area contributed by atoms with Gasteiger partial charge in [-0.15, -0.1) is 0 Å². The highest BCUT2D eigenvalue weighted by Crippen LogP contribution is 2.31. The van der Waals surface area contributed by atoms with Crippen LogP contribution in [0.3, 0.4) is 0 Å². The van der Waals surface area contributed by atoms with Crippen LogP contribution >= 0.6 is 0 Å². The highest BCUT2D eigenvalue weighted by molar-refractivity contribution is 7.92. The smallest absolute Gasteiger partial charge is 0.242 e.